The Bertz CT molecular complexity index is 1370. The van der Waals surface area contributed by atoms with Gasteiger partial charge in [-0.25, -0.2) is 4.21 Å². The maximum atomic E-state index is 11.7. The van der Waals surface area contributed by atoms with Crippen LogP contribution >= 0.6 is 0 Å². The number of fused-ring (bicyclic) bond motifs is 1. The first-order chi connectivity index (χ1) is 14.5. The lowest BCUT2D eigenvalue weighted by Crippen LogP contribution is -2.06. The molecule has 13 heteroatoms. The van der Waals surface area contributed by atoms with Gasteiger partial charge in [-0.05, 0) is 35.7 Å². The third kappa shape index (κ3) is 4.86. The van der Waals surface area contributed by atoms with E-state index in [1.165, 1.54) is 37.3 Å². The highest BCUT2D eigenvalue weighted by Gasteiger charge is 2.17. The van der Waals surface area contributed by atoms with Gasteiger partial charge < -0.3 is 20.7 Å². The van der Waals surface area contributed by atoms with Gasteiger partial charge in [0.05, 0.1) is 20.9 Å². The molecular weight excluding hydrogens is 448 g/mol. The van der Waals surface area contributed by atoms with Crippen molar-refractivity contribution < 1.29 is 31.6 Å². The van der Waals surface area contributed by atoms with Crippen molar-refractivity contribution in [2.24, 2.45) is 10.2 Å². The summed E-state index contributed by atoms with van der Waals surface area (Å²) >= 11 is -2.45. The largest absolute Gasteiger partial charge is 0.507 e. The number of rotatable bonds is 5. The smallest absolute Gasteiger partial charge is 0.294 e. The normalized spacial score (nSPS) is 12.9. The van der Waals surface area contributed by atoms with Gasteiger partial charge in [0.15, 0.2) is 11.1 Å². The molecule has 11 nitrogen and oxygen atoms in total. The van der Waals surface area contributed by atoms with Crippen LogP contribution in [0.3, 0.4) is 0 Å². The zero-order chi connectivity index (χ0) is 22.9. The Morgan fingerprint density at radius 3 is 2.45 bits per heavy atom. The fourth-order valence-electron chi connectivity index (χ4n) is 2.79. The van der Waals surface area contributed by atoms with Crippen LogP contribution in [0.15, 0.2) is 62.5 Å². The van der Waals surface area contributed by atoms with Crippen LogP contribution in [0.25, 0.3) is 10.8 Å². The Balaban J connectivity index is 2.14. The standard InChI is InChI=1S/C18H16N4O7S2/c1-9(23)20-11-3-5-14(16(7-11)30(25)26)21-22-18-13(19)4-2-10-6-12(31(27,28)29)8-15(24)17(10)18/h2-8,24H,19H2,1H3,(H,20,23)(H,25,26)(H,27,28,29). The second-order valence-corrected chi connectivity index (χ2v) is 8.69. The van der Waals surface area contributed by atoms with Crippen LogP contribution < -0.4 is 11.1 Å². The van der Waals surface area contributed by atoms with E-state index in [0.717, 1.165) is 12.1 Å². The predicted molar refractivity (Wildman–Crippen MR) is 114 cm³/mol. The molecular formula is C18H16N4O7S2. The quantitative estimate of drug-likeness (QED) is 0.164. The number of phenolic OH excluding ortho intramolecular Hbond substituents is 1. The Labute approximate surface area is 178 Å². The maximum Gasteiger partial charge on any atom is 0.294 e. The number of phenols is 1. The summed E-state index contributed by atoms with van der Waals surface area (Å²) in [6.45, 7) is 1.28. The van der Waals surface area contributed by atoms with E-state index >= 15 is 0 Å². The first-order valence-electron chi connectivity index (χ1n) is 8.44. The summed E-state index contributed by atoms with van der Waals surface area (Å²) in [5.41, 5.74) is 6.29. The van der Waals surface area contributed by atoms with Gasteiger partial charge in [-0.2, -0.15) is 8.42 Å². The van der Waals surface area contributed by atoms with E-state index in [2.05, 4.69) is 15.5 Å². The van der Waals surface area contributed by atoms with Gasteiger partial charge >= 0.3 is 0 Å². The van der Waals surface area contributed by atoms with Gasteiger partial charge in [-0.15, -0.1) is 10.2 Å². The predicted octanol–water partition coefficient (Wildman–Crippen LogP) is 3.33. The van der Waals surface area contributed by atoms with E-state index in [1.807, 2.05) is 0 Å². The number of nitrogens with one attached hydrogen (secondary N) is 1. The average molecular weight is 464 g/mol. The van der Waals surface area contributed by atoms with E-state index in [1.54, 1.807) is 0 Å². The molecule has 1 unspecified atom stereocenters. The number of hydrogen-bond donors (Lipinski definition) is 5. The second-order valence-electron chi connectivity index (χ2n) is 6.33. The molecule has 6 N–H and O–H groups in total. The fourth-order valence-corrected chi connectivity index (χ4v) is 3.84. The van der Waals surface area contributed by atoms with E-state index in [9.17, 15) is 31.6 Å². The number of nitrogen functional groups attached to an aromatic ring is 1. The summed E-state index contributed by atoms with van der Waals surface area (Å²) in [5, 5.41) is 21.0. The molecule has 0 radical (unpaired) electrons. The number of hydrogen-bond acceptors (Lipinski definition) is 8. The summed E-state index contributed by atoms with van der Waals surface area (Å²) in [6.07, 6.45) is 0. The molecule has 0 fully saturated rings. The number of amides is 1. The number of aromatic hydroxyl groups is 1. The summed E-state index contributed by atoms with van der Waals surface area (Å²) in [5.74, 6) is -0.884. The van der Waals surface area contributed by atoms with Gasteiger partial charge in [0.2, 0.25) is 5.91 Å². The summed E-state index contributed by atoms with van der Waals surface area (Å²) < 4.78 is 53.2. The van der Waals surface area contributed by atoms with Gasteiger partial charge in [-0.1, -0.05) is 6.07 Å². The van der Waals surface area contributed by atoms with Crippen molar-refractivity contribution in [3.8, 4) is 5.75 Å². The summed E-state index contributed by atoms with van der Waals surface area (Å²) in [7, 11) is -4.56. The third-order valence-electron chi connectivity index (χ3n) is 4.10. The zero-order valence-corrected chi connectivity index (χ0v) is 17.4. The molecule has 162 valence electrons. The van der Waals surface area contributed by atoms with E-state index in [4.69, 9.17) is 5.73 Å². The average Bonchev–Trinajstić information content (AvgIpc) is 2.66. The van der Waals surface area contributed by atoms with Gasteiger partial charge in [0.25, 0.3) is 10.1 Å². The molecule has 0 heterocycles. The summed E-state index contributed by atoms with van der Waals surface area (Å²) in [6, 6.07) is 8.85. The molecule has 1 atom stereocenters. The molecule has 3 aromatic rings. The first-order valence-corrected chi connectivity index (χ1v) is 11.0. The molecule has 0 aliphatic carbocycles. The minimum absolute atomic E-state index is 0.000356. The lowest BCUT2D eigenvalue weighted by Gasteiger charge is -2.09. The van der Waals surface area contributed by atoms with Crippen molar-refractivity contribution in [1.82, 2.24) is 0 Å². The van der Waals surface area contributed by atoms with Gasteiger partial charge in [0.1, 0.15) is 17.1 Å². The number of azo groups is 1. The lowest BCUT2D eigenvalue weighted by atomic mass is 10.1. The topological polar surface area (TPSA) is 192 Å². The highest BCUT2D eigenvalue weighted by molar-refractivity contribution is 7.85. The van der Waals surface area contributed by atoms with Crippen molar-refractivity contribution in [2.75, 3.05) is 11.1 Å². The highest BCUT2D eigenvalue weighted by atomic mass is 32.2. The van der Waals surface area contributed by atoms with Crippen LogP contribution in [0, 0.1) is 0 Å². The van der Waals surface area contributed by atoms with Crippen LogP contribution in [-0.2, 0) is 26.0 Å². The number of carbonyl (C=O) groups excluding carboxylic acids is 1. The first kappa shape index (κ1) is 22.3. The van der Waals surface area contributed by atoms with Crippen molar-refractivity contribution in [2.45, 2.75) is 16.7 Å². The number of carbonyl (C=O) groups is 1. The highest BCUT2D eigenvalue weighted by Crippen LogP contribution is 2.40. The van der Waals surface area contributed by atoms with Crippen LogP contribution in [0.4, 0.5) is 22.7 Å². The molecule has 0 saturated carbocycles. The van der Waals surface area contributed by atoms with E-state index < -0.39 is 31.8 Å². The zero-order valence-electron chi connectivity index (χ0n) is 15.8. The van der Waals surface area contributed by atoms with Crippen LogP contribution in [0.5, 0.6) is 5.75 Å². The van der Waals surface area contributed by atoms with Crippen molar-refractivity contribution >= 4 is 60.6 Å². The number of benzene rings is 3. The third-order valence-corrected chi connectivity index (χ3v) is 5.63. The Morgan fingerprint density at radius 1 is 1.13 bits per heavy atom. The molecule has 0 aromatic heterocycles. The molecule has 0 bridgehead atoms. The molecule has 1 amide bonds. The number of nitrogens with two attached hydrogens (primary N) is 1. The SMILES string of the molecule is CC(=O)Nc1ccc(N=Nc2c(N)ccc3cc(S(=O)(=O)O)cc(O)c23)c(S(=O)O)c1. The Kier molecular flexibility index (Phi) is 6.03. The van der Waals surface area contributed by atoms with Crippen LogP contribution in [-0.4, -0.2) is 32.7 Å². The molecule has 31 heavy (non-hydrogen) atoms. The van der Waals surface area contributed by atoms with Crippen LogP contribution in [0.2, 0.25) is 0 Å². The summed E-state index contributed by atoms with van der Waals surface area (Å²) in [4.78, 5) is 10.5. The lowest BCUT2D eigenvalue weighted by molar-refractivity contribution is -0.114. The molecule has 0 aliphatic rings. The minimum atomic E-state index is -4.56. The minimum Gasteiger partial charge on any atom is -0.507 e. The monoisotopic (exact) mass is 464 g/mol. The maximum absolute atomic E-state index is 11.7. The van der Waals surface area contributed by atoms with Gasteiger partial charge in [-0.3, -0.25) is 9.35 Å². The second kappa shape index (κ2) is 8.39. The number of anilines is 2. The molecule has 0 spiro atoms. The van der Waals surface area contributed by atoms with Gasteiger partial charge in [0, 0.05) is 18.7 Å². The van der Waals surface area contributed by atoms with Crippen molar-refractivity contribution in [1.29, 1.82) is 0 Å². The van der Waals surface area contributed by atoms with Crippen LogP contribution in [0.1, 0.15) is 6.92 Å². The van der Waals surface area contributed by atoms with Crippen molar-refractivity contribution in [3.63, 3.8) is 0 Å². The van der Waals surface area contributed by atoms with Crippen molar-refractivity contribution in [3.05, 3.63) is 42.5 Å². The Hall–Kier alpha value is -3.39. The number of nitrogens with zero attached hydrogens (tertiary/aromatic N) is 2. The Morgan fingerprint density at radius 2 is 1.84 bits per heavy atom. The van der Waals surface area contributed by atoms with E-state index in [-0.39, 0.29) is 44.3 Å². The molecule has 0 saturated heterocycles. The van der Waals surface area contributed by atoms with E-state index in [0.29, 0.717) is 0 Å². The molecule has 3 aromatic carbocycles. The molecule has 0 aliphatic heterocycles. The fraction of sp³-hybridized carbons (Fsp3) is 0.0556. The molecule has 3 rings (SSSR count).